The van der Waals surface area contributed by atoms with Gasteiger partial charge in [0.2, 0.25) is 0 Å². The number of hydrogen-bond acceptors (Lipinski definition) is 10. The third-order valence-electron chi connectivity index (χ3n) is 6.22. The highest BCUT2D eigenvalue weighted by Gasteiger charge is 2.32. The molecule has 5 rings (SSSR count). The summed E-state index contributed by atoms with van der Waals surface area (Å²) in [6.45, 7) is 0. The van der Waals surface area contributed by atoms with Crippen LogP contribution >= 0.6 is 0 Å². The molecule has 3 aromatic carbocycles. The van der Waals surface area contributed by atoms with Gasteiger partial charge in [0.1, 0.15) is 5.75 Å². The molecule has 1 aliphatic heterocycles. The van der Waals surface area contributed by atoms with Crippen molar-refractivity contribution in [3.63, 3.8) is 0 Å². The fourth-order valence-corrected chi connectivity index (χ4v) is 6.00. The Balaban J connectivity index is 1.89. The summed E-state index contributed by atoms with van der Waals surface area (Å²) in [5.41, 5.74) is 3.56. The highest BCUT2D eigenvalue weighted by Crippen LogP contribution is 2.45. The molecule has 0 amide bonds. The van der Waals surface area contributed by atoms with Crippen LogP contribution in [0.25, 0.3) is 33.4 Å². The molecule has 214 valence electrons. The van der Waals surface area contributed by atoms with Gasteiger partial charge in [0, 0.05) is 16.5 Å². The fraction of sp³-hybridized carbons (Fsp3) is 0. The van der Waals surface area contributed by atoms with E-state index < -0.39 is 69.9 Å². The monoisotopic (exact) mass is 610 g/mol. The molecule has 15 heteroatoms. The number of ether oxygens (including phenoxy) is 1. The van der Waals surface area contributed by atoms with E-state index in [4.69, 9.17) is 20.3 Å². The van der Waals surface area contributed by atoms with Crippen molar-refractivity contribution in [2.75, 3.05) is 5.73 Å². The standard InChI is InChI=1S/C27H18N2O11S2/c28-19-10-8-16-21(15-7-6-13(12-18(15)26(30)31)27(32)39-14-4-2-1-3-5-14)17-9-11-20(29)25(42(36,37)38)23(17)40-22(16)24(19)41(33,34)35/h1-12,28H,29H2,(H,30,31)(H,33,34,35)(H,36,37,38). The Morgan fingerprint density at radius 2 is 1.48 bits per heavy atom. The maximum atomic E-state index is 12.8. The van der Waals surface area contributed by atoms with Crippen molar-refractivity contribution in [1.29, 1.82) is 5.41 Å². The molecule has 0 saturated carbocycles. The van der Waals surface area contributed by atoms with Crippen LogP contribution in [0.5, 0.6) is 5.75 Å². The molecule has 0 unspecified atom stereocenters. The van der Waals surface area contributed by atoms with Gasteiger partial charge >= 0.3 is 11.9 Å². The Labute approximate surface area is 236 Å². The van der Waals surface area contributed by atoms with E-state index in [2.05, 4.69) is 0 Å². The van der Waals surface area contributed by atoms with Crippen LogP contribution in [0.15, 0.2) is 87.0 Å². The van der Waals surface area contributed by atoms with Crippen molar-refractivity contribution in [1.82, 2.24) is 0 Å². The van der Waals surface area contributed by atoms with Crippen molar-refractivity contribution >= 4 is 48.8 Å². The zero-order chi connectivity index (χ0) is 30.6. The summed E-state index contributed by atoms with van der Waals surface area (Å²) in [5.74, 6) is -2.93. The molecule has 0 fully saturated rings. The first-order valence-electron chi connectivity index (χ1n) is 11.6. The first-order chi connectivity index (χ1) is 19.7. The molecule has 0 bridgehead atoms. The van der Waals surface area contributed by atoms with E-state index in [-0.39, 0.29) is 33.4 Å². The number of fused-ring (bicyclic) bond motifs is 2. The molecule has 2 aliphatic rings. The summed E-state index contributed by atoms with van der Waals surface area (Å²) >= 11 is 0. The topological polar surface area (TPSA) is 235 Å². The number of nitrogens with one attached hydrogen (secondary N) is 1. The maximum Gasteiger partial charge on any atom is 0.343 e. The van der Waals surface area contributed by atoms with Crippen molar-refractivity contribution in [2.24, 2.45) is 0 Å². The second-order valence-electron chi connectivity index (χ2n) is 8.87. The lowest BCUT2D eigenvalue weighted by Crippen LogP contribution is -2.16. The van der Waals surface area contributed by atoms with Gasteiger partial charge in [-0.05, 0) is 54.1 Å². The highest BCUT2D eigenvalue weighted by molar-refractivity contribution is 7.86. The number of anilines is 1. The third kappa shape index (κ3) is 4.97. The van der Waals surface area contributed by atoms with E-state index in [1.54, 1.807) is 18.2 Å². The van der Waals surface area contributed by atoms with Gasteiger partial charge in [-0.15, -0.1) is 0 Å². The van der Waals surface area contributed by atoms with E-state index in [1.165, 1.54) is 36.4 Å². The molecule has 1 aliphatic carbocycles. The van der Waals surface area contributed by atoms with E-state index in [0.29, 0.717) is 0 Å². The van der Waals surface area contributed by atoms with Crippen LogP contribution in [0.4, 0.5) is 5.69 Å². The van der Waals surface area contributed by atoms with Crippen LogP contribution in [0.1, 0.15) is 20.7 Å². The maximum absolute atomic E-state index is 12.8. The number of rotatable bonds is 6. The number of aromatic carboxylic acids is 1. The highest BCUT2D eigenvalue weighted by atomic mass is 32.2. The van der Waals surface area contributed by atoms with Crippen LogP contribution in [0.2, 0.25) is 0 Å². The average Bonchev–Trinajstić information content (AvgIpc) is 2.90. The molecule has 42 heavy (non-hydrogen) atoms. The number of carboxylic acid groups (broad SMARTS) is 1. The van der Waals surface area contributed by atoms with Crippen LogP contribution in [0.3, 0.4) is 0 Å². The zero-order valence-corrected chi connectivity index (χ0v) is 22.6. The second kappa shape index (κ2) is 10.1. The van der Waals surface area contributed by atoms with E-state index in [1.807, 2.05) is 0 Å². The van der Waals surface area contributed by atoms with Crippen LogP contribution in [0, 0.1) is 5.41 Å². The molecule has 13 nitrogen and oxygen atoms in total. The molecule has 6 N–H and O–H groups in total. The van der Waals surface area contributed by atoms with Gasteiger partial charge in [0.25, 0.3) is 20.2 Å². The largest absolute Gasteiger partial charge is 0.478 e. The van der Waals surface area contributed by atoms with Crippen molar-refractivity contribution in [2.45, 2.75) is 9.79 Å². The molecular formula is C27H18N2O11S2. The fourth-order valence-electron chi connectivity index (χ4n) is 4.52. The molecule has 0 saturated heterocycles. The van der Waals surface area contributed by atoms with Gasteiger partial charge < -0.3 is 20.0 Å². The number of carbonyl (C=O) groups excluding carboxylic acids is 1. The Hall–Kier alpha value is -5.09. The van der Waals surface area contributed by atoms with Gasteiger partial charge in [-0.2, -0.15) is 16.8 Å². The number of hydrogen-bond donors (Lipinski definition) is 5. The summed E-state index contributed by atoms with van der Waals surface area (Å²) in [5, 5.41) is 17.3. The zero-order valence-electron chi connectivity index (χ0n) is 20.9. The van der Waals surface area contributed by atoms with E-state index >= 15 is 0 Å². The summed E-state index contributed by atoms with van der Waals surface area (Å²) in [6, 6.07) is 16.0. The number of carbonyl (C=O) groups is 2. The summed E-state index contributed by atoms with van der Waals surface area (Å²) in [4.78, 5) is 23.2. The first kappa shape index (κ1) is 28.4. The Kier molecular flexibility index (Phi) is 6.82. The van der Waals surface area contributed by atoms with Crippen molar-refractivity contribution < 1.29 is 49.8 Å². The molecule has 1 heterocycles. The average molecular weight is 611 g/mol. The number of nitrogens with two attached hydrogens (primary N) is 1. The SMILES string of the molecule is N=c1ccc2c(-c3ccc(C(=O)Oc4ccccc4)cc3C(=O)O)c3ccc(N)c(S(=O)(=O)O)c3oc-2c1S(=O)(=O)O. The quantitative estimate of drug-likeness (QED) is 0.0609. The Morgan fingerprint density at radius 1 is 0.833 bits per heavy atom. The molecule has 0 aromatic heterocycles. The minimum Gasteiger partial charge on any atom is -0.478 e. The van der Waals surface area contributed by atoms with Gasteiger partial charge in [-0.1, -0.05) is 24.3 Å². The molecule has 3 aromatic rings. The van der Waals surface area contributed by atoms with Crippen molar-refractivity contribution in [3.8, 4) is 28.2 Å². The molecule has 0 atom stereocenters. The van der Waals surface area contributed by atoms with Crippen LogP contribution in [-0.4, -0.2) is 43.0 Å². The third-order valence-corrected chi connectivity index (χ3v) is 8.08. The number of benzene rings is 4. The Morgan fingerprint density at radius 3 is 2.10 bits per heavy atom. The van der Waals surface area contributed by atoms with Crippen LogP contribution in [-0.2, 0) is 20.2 Å². The summed E-state index contributed by atoms with van der Waals surface area (Å²) in [7, 11) is -10.3. The smallest absolute Gasteiger partial charge is 0.343 e. The molecular weight excluding hydrogens is 592 g/mol. The lowest BCUT2D eigenvalue weighted by molar-refractivity contribution is 0.0697. The predicted molar refractivity (Wildman–Crippen MR) is 147 cm³/mol. The molecule has 0 radical (unpaired) electrons. The van der Waals surface area contributed by atoms with Gasteiger partial charge in [0.05, 0.1) is 22.2 Å². The first-order valence-corrected chi connectivity index (χ1v) is 14.5. The number of nitrogen functional groups attached to an aromatic ring is 1. The van der Waals surface area contributed by atoms with Crippen LogP contribution < -0.4 is 15.8 Å². The number of para-hydroxylation sites is 1. The molecule has 0 spiro atoms. The lowest BCUT2D eigenvalue weighted by atomic mass is 9.89. The summed E-state index contributed by atoms with van der Waals surface area (Å²) in [6.07, 6.45) is 0. The van der Waals surface area contributed by atoms with E-state index in [0.717, 1.165) is 18.2 Å². The summed E-state index contributed by atoms with van der Waals surface area (Å²) < 4.78 is 79.9. The van der Waals surface area contributed by atoms with E-state index in [9.17, 15) is 40.6 Å². The second-order valence-corrected chi connectivity index (χ2v) is 11.6. The normalized spacial score (nSPS) is 12.0. The van der Waals surface area contributed by atoms with Gasteiger partial charge in [-0.3, -0.25) is 14.5 Å². The number of esters is 1. The lowest BCUT2D eigenvalue weighted by Gasteiger charge is -2.20. The van der Waals surface area contributed by atoms with Gasteiger partial charge in [-0.25, -0.2) is 9.59 Å². The minimum absolute atomic E-state index is 0.124. The minimum atomic E-state index is -5.16. The number of carboxylic acids is 1. The van der Waals surface area contributed by atoms with Gasteiger partial charge in [0.15, 0.2) is 21.1 Å². The predicted octanol–water partition coefficient (Wildman–Crippen LogP) is 3.68. The Bertz CT molecular complexity index is 2190. The van der Waals surface area contributed by atoms with Crippen molar-refractivity contribution in [3.05, 3.63) is 89.3 Å².